The molecule has 32 heavy (non-hydrogen) atoms. The van der Waals surface area contributed by atoms with E-state index in [2.05, 4.69) is 87.8 Å². The summed E-state index contributed by atoms with van der Waals surface area (Å²) >= 11 is 2.00. The van der Waals surface area contributed by atoms with Crippen LogP contribution in [0.15, 0.2) is 79.3 Å². The number of aryl methyl sites for hydroxylation is 4. The quantitative estimate of drug-likeness (QED) is 0.292. The average Bonchev–Trinajstić information content (AvgIpc) is 2.81. The summed E-state index contributed by atoms with van der Waals surface area (Å²) in [5, 5.41) is 0. The Morgan fingerprint density at radius 2 is 1.47 bits per heavy atom. The van der Waals surface area contributed by atoms with Crippen molar-refractivity contribution in [1.29, 1.82) is 0 Å². The Bertz CT molecular complexity index is 1150. The second-order valence-electron chi connectivity index (χ2n) is 7.99. The van der Waals surface area contributed by atoms with Crippen LogP contribution in [0.5, 0.6) is 0 Å². The lowest BCUT2D eigenvalue weighted by atomic mass is 10.1. The minimum absolute atomic E-state index is 1.01. The lowest BCUT2D eigenvalue weighted by molar-refractivity contribution is -0.704. The Kier molecular flexibility index (Phi) is 7.28. The monoisotopic (exact) mass is 442 g/mol. The lowest BCUT2D eigenvalue weighted by Gasteiger charge is -2.07. The van der Waals surface area contributed by atoms with E-state index in [1.807, 2.05) is 43.1 Å². The summed E-state index contributed by atoms with van der Waals surface area (Å²) in [7, 11) is 0. The molecule has 4 rings (SSSR count). The molecule has 0 saturated heterocycles. The number of pyridine rings is 4. The first-order chi connectivity index (χ1) is 15.6. The number of nitrogens with zero attached hydrogens (tertiary/aromatic N) is 4. The number of hydrogen-bond acceptors (Lipinski definition) is 3. The molecule has 0 amide bonds. The van der Waals surface area contributed by atoms with Crippen LogP contribution in [0.4, 0.5) is 0 Å². The fourth-order valence-electron chi connectivity index (χ4n) is 3.87. The van der Waals surface area contributed by atoms with E-state index in [1.54, 1.807) is 0 Å². The van der Waals surface area contributed by atoms with Gasteiger partial charge in [0.2, 0.25) is 0 Å². The predicted molar refractivity (Wildman–Crippen MR) is 131 cm³/mol. The summed E-state index contributed by atoms with van der Waals surface area (Å²) in [6, 6.07) is 21.0. The highest BCUT2D eigenvalue weighted by molar-refractivity contribution is 7.99. The van der Waals surface area contributed by atoms with Crippen LogP contribution in [0.3, 0.4) is 0 Å². The topological polar surface area (TPSA) is 33.5 Å². The van der Waals surface area contributed by atoms with E-state index in [1.165, 1.54) is 17.0 Å². The summed E-state index contributed by atoms with van der Waals surface area (Å²) in [5.41, 5.74) is 8.01. The van der Waals surface area contributed by atoms with Crippen LogP contribution < -0.4 is 9.13 Å². The third-order valence-electron chi connectivity index (χ3n) is 5.57. The van der Waals surface area contributed by atoms with E-state index in [4.69, 9.17) is 0 Å². The van der Waals surface area contributed by atoms with Crippen LogP contribution in [0.2, 0.25) is 0 Å². The van der Waals surface area contributed by atoms with Gasteiger partial charge < -0.3 is 0 Å². The molecule has 0 saturated carbocycles. The zero-order chi connectivity index (χ0) is 22.3. The van der Waals surface area contributed by atoms with Crippen molar-refractivity contribution in [2.24, 2.45) is 0 Å². The Balaban J connectivity index is 1.27. The normalized spacial score (nSPS) is 11.0. The zero-order valence-electron chi connectivity index (χ0n) is 19.0. The molecule has 0 aliphatic heterocycles. The Morgan fingerprint density at radius 1 is 0.750 bits per heavy atom. The average molecular weight is 443 g/mol. The van der Waals surface area contributed by atoms with Gasteiger partial charge in [-0.3, -0.25) is 9.97 Å². The minimum atomic E-state index is 1.01. The maximum Gasteiger partial charge on any atom is 0.179 e. The first-order valence-corrected chi connectivity index (χ1v) is 12.2. The SMILES string of the molecule is Cc1cccc(-c2cc[n+](CCSCC[n+]3c(C)cc(-c4ccccn4)cc3C)cc2)n1. The van der Waals surface area contributed by atoms with E-state index < -0.39 is 0 Å². The third kappa shape index (κ3) is 5.60. The summed E-state index contributed by atoms with van der Waals surface area (Å²) in [4.78, 5) is 9.09. The highest BCUT2D eigenvalue weighted by Crippen LogP contribution is 2.18. The van der Waals surface area contributed by atoms with Crippen molar-refractivity contribution >= 4 is 11.8 Å². The van der Waals surface area contributed by atoms with E-state index in [9.17, 15) is 0 Å². The van der Waals surface area contributed by atoms with E-state index in [0.717, 1.165) is 47.2 Å². The van der Waals surface area contributed by atoms with Gasteiger partial charge in [-0.1, -0.05) is 12.1 Å². The number of aromatic nitrogens is 4. The van der Waals surface area contributed by atoms with Crippen molar-refractivity contribution in [3.63, 3.8) is 0 Å². The molecule has 0 aliphatic rings. The largest absolute Gasteiger partial charge is 0.256 e. The van der Waals surface area contributed by atoms with Gasteiger partial charge in [0.15, 0.2) is 36.9 Å². The molecule has 162 valence electrons. The highest BCUT2D eigenvalue weighted by atomic mass is 32.2. The van der Waals surface area contributed by atoms with Gasteiger partial charge in [-0.25, -0.2) is 4.57 Å². The molecule has 0 spiro atoms. The molecule has 0 fully saturated rings. The van der Waals surface area contributed by atoms with Crippen molar-refractivity contribution in [1.82, 2.24) is 9.97 Å². The molecule has 0 unspecified atom stereocenters. The van der Waals surface area contributed by atoms with Gasteiger partial charge in [0.1, 0.15) is 0 Å². The summed E-state index contributed by atoms with van der Waals surface area (Å²) in [6.07, 6.45) is 6.15. The van der Waals surface area contributed by atoms with Crippen LogP contribution in [0.1, 0.15) is 17.1 Å². The molecule has 0 bridgehead atoms. The van der Waals surface area contributed by atoms with Crippen molar-refractivity contribution in [3.05, 3.63) is 96.3 Å². The van der Waals surface area contributed by atoms with Crippen molar-refractivity contribution < 1.29 is 9.13 Å². The fraction of sp³-hybridized carbons (Fsp3) is 0.259. The van der Waals surface area contributed by atoms with E-state index in [-0.39, 0.29) is 0 Å². The molecule has 4 aromatic heterocycles. The second kappa shape index (κ2) is 10.5. The molecule has 5 heteroatoms. The maximum absolute atomic E-state index is 4.61. The second-order valence-corrected chi connectivity index (χ2v) is 9.22. The Hall–Kier alpha value is -3.05. The molecule has 0 aromatic carbocycles. The summed E-state index contributed by atoms with van der Waals surface area (Å²) in [5.74, 6) is 2.19. The maximum atomic E-state index is 4.61. The molecule has 4 heterocycles. The van der Waals surface area contributed by atoms with E-state index >= 15 is 0 Å². The Morgan fingerprint density at radius 3 is 2.16 bits per heavy atom. The highest BCUT2D eigenvalue weighted by Gasteiger charge is 2.14. The van der Waals surface area contributed by atoms with Gasteiger partial charge in [-0.15, -0.1) is 11.8 Å². The van der Waals surface area contributed by atoms with Gasteiger partial charge in [0.25, 0.3) is 0 Å². The van der Waals surface area contributed by atoms with E-state index in [0.29, 0.717) is 0 Å². The van der Waals surface area contributed by atoms with Crippen molar-refractivity contribution in [2.45, 2.75) is 33.9 Å². The molecule has 4 nitrogen and oxygen atoms in total. The molecule has 0 radical (unpaired) electrons. The summed E-state index contributed by atoms with van der Waals surface area (Å²) in [6.45, 7) is 8.43. The van der Waals surface area contributed by atoms with Gasteiger partial charge >= 0.3 is 0 Å². The summed E-state index contributed by atoms with van der Waals surface area (Å²) < 4.78 is 4.65. The predicted octanol–water partition coefficient (Wildman–Crippen LogP) is 4.74. The number of thioether (sulfide) groups is 1. The van der Waals surface area contributed by atoms with Crippen LogP contribution >= 0.6 is 11.8 Å². The number of hydrogen-bond donors (Lipinski definition) is 0. The Labute approximate surface area is 195 Å². The first-order valence-electron chi connectivity index (χ1n) is 11.0. The fourth-order valence-corrected chi connectivity index (χ4v) is 4.72. The number of rotatable bonds is 8. The molecular formula is C27H30N4S+2. The van der Waals surface area contributed by atoms with Crippen LogP contribution in [-0.2, 0) is 13.1 Å². The molecule has 0 N–H and O–H groups in total. The first kappa shape index (κ1) is 22.2. The third-order valence-corrected chi connectivity index (χ3v) is 6.51. The van der Waals surface area contributed by atoms with Crippen LogP contribution in [0, 0.1) is 20.8 Å². The van der Waals surface area contributed by atoms with Crippen LogP contribution in [-0.4, -0.2) is 21.5 Å². The molecule has 0 atom stereocenters. The molecular weight excluding hydrogens is 412 g/mol. The van der Waals surface area contributed by atoms with Crippen molar-refractivity contribution in [3.8, 4) is 22.5 Å². The lowest BCUT2D eigenvalue weighted by Crippen LogP contribution is -2.41. The smallest absolute Gasteiger partial charge is 0.179 e. The molecule has 0 aliphatic carbocycles. The van der Waals surface area contributed by atoms with Gasteiger partial charge in [-0.05, 0) is 31.2 Å². The minimum Gasteiger partial charge on any atom is -0.256 e. The van der Waals surface area contributed by atoms with Gasteiger partial charge in [-0.2, -0.15) is 4.57 Å². The standard InChI is InChI=1S/C27H30N4S/c1-21-7-6-9-27(29-21)24-10-13-30(14-11-24)15-17-32-18-16-31-22(2)19-25(20-23(31)3)26-8-4-5-12-28-26/h4-14,19-20H,15-18H2,1-3H3/q+2. The zero-order valence-corrected chi connectivity index (χ0v) is 19.8. The van der Waals surface area contributed by atoms with Gasteiger partial charge in [0, 0.05) is 61.1 Å². The van der Waals surface area contributed by atoms with Crippen LogP contribution in [0.25, 0.3) is 22.5 Å². The van der Waals surface area contributed by atoms with Gasteiger partial charge in [0.05, 0.1) is 22.9 Å². The van der Waals surface area contributed by atoms with Crippen molar-refractivity contribution in [2.75, 3.05) is 11.5 Å². The molecule has 4 aromatic rings.